The zero-order chi connectivity index (χ0) is 7.11. The van der Waals surface area contributed by atoms with Crippen molar-refractivity contribution in [1.29, 1.82) is 0 Å². The molecular weight excluding hydrogens is 110 g/mol. The summed E-state index contributed by atoms with van der Waals surface area (Å²) in [6.07, 6.45) is 6.15. The van der Waals surface area contributed by atoms with Crippen LogP contribution in [0.15, 0.2) is 0 Å². The summed E-state index contributed by atoms with van der Waals surface area (Å²) < 4.78 is 0. The first kappa shape index (κ1) is 8.96. The summed E-state index contributed by atoms with van der Waals surface area (Å²) in [6, 6.07) is 0. The maximum absolute atomic E-state index is 2.36. The summed E-state index contributed by atoms with van der Waals surface area (Å²) in [5, 5.41) is 0. The molecule has 0 saturated heterocycles. The monoisotopic (exact) mass is 128 g/mol. The van der Waals surface area contributed by atoms with Crippen molar-refractivity contribution in [2.24, 2.45) is 0 Å². The second kappa shape index (κ2) is 6.09. The lowest BCUT2D eigenvalue weighted by molar-refractivity contribution is 0.409. The third kappa shape index (κ3) is 7.96. The molecular formula is C8H18N. The van der Waals surface area contributed by atoms with Crippen molar-refractivity contribution in [1.82, 2.24) is 4.90 Å². The molecule has 0 heterocycles. The number of rotatable bonds is 5. The molecule has 0 aliphatic heterocycles. The molecule has 0 aromatic heterocycles. The van der Waals surface area contributed by atoms with E-state index in [1.54, 1.807) is 0 Å². The first-order chi connectivity index (χ1) is 4.27. The van der Waals surface area contributed by atoms with Crippen LogP contribution in [0.1, 0.15) is 26.2 Å². The summed E-state index contributed by atoms with van der Waals surface area (Å²) in [5.74, 6) is 0. The molecule has 0 aromatic rings. The minimum absolute atomic E-state index is 1.19. The Kier molecular flexibility index (Phi) is 6.06. The van der Waals surface area contributed by atoms with Gasteiger partial charge < -0.3 is 4.90 Å². The average molecular weight is 128 g/mol. The van der Waals surface area contributed by atoms with Crippen LogP contribution in [-0.2, 0) is 0 Å². The summed E-state index contributed by atoms with van der Waals surface area (Å²) in [6.45, 7) is 3.41. The molecule has 0 atom stereocenters. The van der Waals surface area contributed by atoms with Gasteiger partial charge in [0.25, 0.3) is 0 Å². The average Bonchev–Trinajstić information content (AvgIpc) is 1.80. The van der Waals surface area contributed by atoms with E-state index in [-0.39, 0.29) is 0 Å². The van der Waals surface area contributed by atoms with E-state index in [0.29, 0.717) is 0 Å². The number of unbranched alkanes of at least 4 members (excludes halogenated alkanes) is 3. The molecule has 0 saturated carbocycles. The van der Waals surface area contributed by atoms with Gasteiger partial charge in [-0.1, -0.05) is 19.8 Å². The summed E-state index contributed by atoms with van der Waals surface area (Å²) in [4.78, 5) is 2.21. The van der Waals surface area contributed by atoms with Crippen molar-refractivity contribution in [3.63, 3.8) is 0 Å². The quantitative estimate of drug-likeness (QED) is 0.511. The zero-order valence-corrected chi connectivity index (χ0v) is 6.85. The van der Waals surface area contributed by atoms with E-state index < -0.39 is 0 Å². The molecule has 0 amide bonds. The second-order valence-corrected chi connectivity index (χ2v) is 2.67. The molecule has 55 valence electrons. The van der Waals surface area contributed by atoms with Crippen LogP contribution in [-0.4, -0.2) is 25.5 Å². The van der Waals surface area contributed by atoms with Crippen LogP contribution in [0.2, 0.25) is 0 Å². The van der Waals surface area contributed by atoms with E-state index in [4.69, 9.17) is 0 Å². The predicted molar refractivity (Wildman–Crippen MR) is 42.4 cm³/mol. The smallest absolute Gasteiger partial charge is 0.00221 e. The Labute approximate surface area is 59.1 Å². The van der Waals surface area contributed by atoms with Gasteiger partial charge in [0.1, 0.15) is 0 Å². The molecule has 0 unspecified atom stereocenters. The van der Waals surface area contributed by atoms with Crippen molar-refractivity contribution in [3.8, 4) is 0 Å². The van der Waals surface area contributed by atoms with E-state index >= 15 is 0 Å². The third-order valence-corrected chi connectivity index (χ3v) is 1.27. The van der Waals surface area contributed by atoms with Gasteiger partial charge in [-0.25, -0.2) is 0 Å². The van der Waals surface area contributed by atoms with Crippen molar-refractivity contribution >= 4 is 0 Å². The highest BCUT2D eigenvalue weighted by atomic mass is 15.0. The number of hydrogen-bond donors (Lipinski definition) is 0. The van der Waals surface area contributed by atoms with Gasteiger partial charge in [-0.2, -0.15) is 0 Å². The standard InChI is InChI=1S/C8H18N/c1-4-5-6-7-8-9(2)3/h6H,4-5,7-8H2,1-3H3. The van der Waals surface area contributed by atoms with Gasteiger partial charge in [0.05, 0.1) is 0 Å². The predicted octanol–water partition coefficient (Wildman–Crippen LogP) is 1.94. The summed E-state index contributed by atoms with van der Waals surface area (Å²) >= 11 is 0. The summed E-state index contributed by atoms with van der Waals surface area (Å²) in [7, 11) is 4.22. The van der Waals surface area contributed by atoms with E-state index in [1.807, 2.05) is 0 Å². The Bertz CT molecular complexity index is 50.5. The highest BCUT2D eigenvalue weighted by Crippen LogP contribution is 1.96. The Balaban J connectivity index is 2.75. The van der Waals surface area contributed by atoms with Crippen LogP contribution in [0.25, 0.3) is 0 Å². The molecule has 1 radical (unpaired) electrons. The fourth-order valence-corrected chi connectivity index (χ4v) is 0.698. The Morgan fingerprint density at radius 3 is 2.33 bits per heavy atom. The number of nitrogens with zero attached hydrogens (tertiary/aromatic N) is 1. The van der Waals surface area contributed by atoms with E-state index in [2.05, 4.69) is 32.3 Å². The second-order valence-electron chi connectivity index (χ2n) is 2.67. The topological polar surface area (TPSA) is 3.24 Å². The number of hydrogen-bond acceptors (Lipinski definition) is 1. The first-order valence-electron chi connectivity index (χ1n) is 3.73. The van der Waals surface area contributed by atoms with Crippen LogP contribution in [0.5, 0.6) is 0 Å². The van der Waals surface area contributed by atoms with Crippen LogP contribution in [0.3, 0.4) is 0 Å². The Hall–Kier alpha value is -0.0400. The van der Waals surface area contributed by atoms with Crippen LogP contribution < -0.4 is 0 Å². The third-order valence-electron chi connectivity index (χ3n) is 1.27. The maximum Gasteiger partial charge on any atom is -0.00221 e. The largest absolute Gasteiger partial charge is 0.309 e. The first-order valence-corrected chi connectivity index (χ1v) is 3.73. The molecule has 0 N–H and O–H groups in total. The van der Waals surface area contributed by atoms with Crippen LogP contribution in [0, 0.1) is 6.42 Å². The molecule has 1 heteroatoms. The van der Waals surface area contributed by atoms with Gasteiger partial charge in [0.2, 0.25) is 0 Å². The van der Waals surface area contributed by atoms with Gasteiger partial charge in [-0.05, 0) is 33.5 Å². The minimum Gasteiger partial charge on any atom is -0.309 e. The molecule has 0 bridgehead atoms. The molecule has 0 spiro atoms. The molecule has 0 aromatic carbocycles. The normalized spacial score (nSPS) is 10.7. The van der Waals surface area contributed by atoms with Gasteiger partial charge in [-0.15, -0.1) is 0 Å². The Morgan fingerprint density at radius 2 is 1.89 bits per heavy atom. The molecule has 0 aliphatic carbocycles. The highest BCUT2D eigenvalue weighted by Gasteiger charge is 1.88. The fraction of sp³-hybridized carbons (Fsp3) is 0.875. The SMILES string of the molecule is CCC[CH]CCN(C)C. The molecule has 0 aliphatic rings. The molecule has 0 fully saturated rings. The maximum atomic E-state index is 2.36. The summed E-state index contributed by atoms with van der Waals surface area (Å²) in [5.41, 5.74) is 0. The lowest BCUT2D eigenvalue weighted by atomic mass is 10.2. The van der Waals surface area contributed by atoms with Crippen molar-refractivity contribution in [2.75, 3.05) is 20.6 Å². The fourth-order valence-electron chi connectivity index (χ4n) is 0.698. The van der Waals surface area contributed by atoms with Gasteiger partial charge in [0.15, 0.2) is 0 Å². The molecule has 1 nitrogen and oxygen atoms in total. The molecule has 9 heavy (non-hydrogen) atoms. The zero-order valence-electron chi connectivity index (χ0n) is 6.85. The Morgan fingerprint density at radius 1 is 1.22 bits per heavy atom. The van der Waals surface area contributed by atoms with Crippen LogP contribution >= 0.6 is 0 Å². The van der Waals surface area contributed by atoms with Crippen molar-refractivity contribution < 1.29 is 0 Å². The minimum atomic E-state index is 1.19. The van der Waals surface area contributed by atoms with Crippen molar-refractivity contribution in [3.05, 3.63) is 6.42 Å². The lowest BCUT2D eigenvalue weighted by Crippen LogP contribution is -2.12. The molecule has 0 rings (SSSR count). The van der Waals surface area contributed by atoms with Crippen molar-refractivity contribution in [2.45, 2.75) is 26.2 Å². The van der Waals surface area contributed by atoms with Gasteiger partial charge in [-0.3, -0.25) is 0 Å². The lowest BCUT2D eigenvalue weighted by Gasteiger charge is -2.07. The van der Waals surface area contributed by atoms with Crippen LogP contribution in [0.4, 0.5) is 0 Å². The van der Waals surface area contributed by atoms with Gasteiger partial charge >= 0.3 is 0 Å². The van der Waals surface area contributed by atoms with Gasteiger partial charge in [0, 0.05) is 0 Å². The van der Waals surface area contributed by atoms with E-state index in [9.17, 15) is 0 Å². The van der Waals surface area contributed by atoms with E-state index in [0.717, 1.165) is 0 Å². The highest BCUT2D eigenvalue weighted by molar-refractivity contribution is 4.64. The van der Waals surface area contributed by atoms with E-state index in [1.165, 1.54) is 25.8 Å².